The summed E-state index contributed by atoms with van der Waals surface area (Å²) in [4.78, 5) is 26.0. The molecule has 2 aromatic carbocycles. The Labute approximate surface area is 145 Å². The molecule has 1 N–H and O–H groups in total. The third-order valence-electron chi connectivity index (χ3n) is 3.91. The van der Waals surface area contributed by atoms with Gasteiger partial charge in [0.2, 0.25) is 5.91 Å². The molecule has 0 spiro atoms. The fourth-order valence-corrected chi connectivity index (χ4v) is 2.78. The third-order valence-corrected chi connectivity index (χ3v) is 4.28. The van der Waals surface area contributed by atoms with E-state index in [0.717, 1.165) is 5.56 Å². The molecule has 1 aliphatic rings. The lowest BCUT2D eigenvalue weighted by atomic mass is 10.1. The molecular formula is C18H17ClN2O3. The number of benzene rings is 2. The van der Waals surface area contributed by atoms with Crippen molar-refractivity contribution in [2.24, 2.45) is 0 Å². The fourth-order valence-electron chi connectivity index (χ4n) is 2.58. The predicted octanol–water partition coefficient (Wildman–Crippen LogP) is 2.77. The van der Waals surface area contributed by atoms with Crippen molar-refractivity contribution in [2.45, 2.75) is 19.1 Å². The molecule has 1 heterocycles. The standard InChI is InChI=1S/C18H17ClN2O3/c1-21-14-8-4-5-9-15(14)24-16(18(21)23)10-17(22)20-11-12-6-2-3-7-13(12)19/h2-9,16H,10-11H2,1H3,(H,20,22). The van der Waals surface area contributed by atoms with E-state index in [4.69, 9.17) is 16.3 Å². The Morgan fingerprint density at radius 1 is 1.21 bits per heavy atom. The Morgan fingerprint density at radius 3 is 2.71 bits per heavy atom. The van der Waals surface area contributed by atoms with Crippen LogP contribution in [0.5, 0.6) is 5.75 Å². The van der Waals surface area contributed by atoms with Crippen LogP contribution in [0.3, 0.4) is 0 Å². The number of nitrogens with zero attached hydrogens (tertiary/aromatic N) is 1. The van der Waals surface area contributed by atoms with Crippen LogP contribution < -0.4 is 15.0 Å². The lowest BCUT2D eigenvalue weighted by molar-refractivity contribution is -0.132. The van der Waals surface area contributed by atoms with Crippen molar-refractivity contribution >= 4 is 29.1 Å². The van der Waals surface area contributed by atoms with Gasteiger partial charge in [0.25, 0.3) is 5.91 Å². The molecule has 24 heavy (non-hydrogen) atoms. The van der Waals surface area contributed by atoms with Gasteiger partial charge in [-0.05, 0) is 23.8 Å². The van der Waals surface area contributed by atoms with Crippen molar-refractivity contribution in [3.05, 3.63) is 59.1 Å². The number of anilines is 1. The molecular weight excluding hydrogens is 328 g/mol. The van der Waals surface area contributed by atoms with E-state index in [1.54, 1.807) is 25.2 Å². The number of hydrogen-bond donors (Lipinski definition) is 1. The van der Waals surface area contributed by atoms with Gasteiger partial charge in [-0.25, -0.2) is 0 Å². The summed E-state index contributed by atoms with van der Waals surface area (Å²) in [6.07, 6.45) is -0.863. The maximum absolute atomic E-state index is 12.4. The number of carbonyl (C=O) groups is 2. The number of para-hydroxylation sites is 2. The first kappa shape index (κ1) is 16.3. The molecule has 6 heteroatoms. The molecule has 0 saturated carbocycles. The number of amides is 2. The van der Waals surface area contributed by atoms with E-state index < -0.39 is 6.10 Å². The van der Waals surface area contributed by atoms with E-state index in [2.05, 4.69) is 5.32 Å². The van der Waals surface area contributed by atoms with Gasteiger partial charge in [0.05, 0.1) is 12.1 Å². The minimum absolute atomic E-state index is 0.0397. The summed E-state index contributed by atoms with van der Waals surface area (Å²) < 4.78 is 5.68. The summed E-state index contributed by atoms with van der Waals surface area (Å²) in [5.41, 5.74) is 1.53. The monoisotopic (exact) mass is 344 g/mol. The highest BCUT2D eigenvalue weighted by Crippen LogP contribution is 2.33. The van der Waals surface area contributed by atoms with Crippen molar-refractivity contribution in [1.82, 2.24) is 5.32 Å². The number of hydrogen-bond acceptors (Lipinski definition) is 3. The van der Waals surface area contributed by atoms with Crippen LogP contribution in [-0.2, 0) is 16.1 Å². The van der Waals surface area contributed by atoms with Crippen LogP contribution in [0.1, 0.15) is 12.0 Å². The van der Waals surface area contributed by atoms with E-state index >= 15 is 0 Å². The molecule has 124 valence electrons. The van der Waals surface area contributed by atoms with Crippen molar-refractivity contribution < 1.29 is 14.3 Å². The first-order valence-electron chi connectivity index (χ1n) is 7.59. The summed E-state index contributed by atoms with van der Waals surface area (Å²) in [6, 6.07) is 14.5. The zero-order valence-corrected chi connectivity index (χ0v) is 13.9. The maximum atomic E-state index is 12.4. The Morgan fingerprint density at radius 2 is 1.92 bits per heavy atom. The van der Waals surface area contributed by atoms with Gasteiger partial charge in [-0.15, -0.1) is 0 Å². The van der Waals surface area contributed by atoms with Crippen molar-refractivity contribution in [3.8, 4) is 5.75 Å². The average molecular weight is 345 g/mol. The van der Waals surface area contributed by atoms with E-state index in [0.29, 0.717) is 23.0 Å². The second-order valence-electron chi connectivity index (χ2n) is 5.54. The molecule has 0 radical (unpaired) electrons. The van der Waals surface area contributed by atoms with Gasteiger partial charge in [-0.1, -0.05) is 41.9 Å². The summed E-state index contributed by atoms with van der Waals surface area (Å²) in [5, 5.41) is 3.37. The van der Waals surface area contributed by atoms with Gasteiger partial charge in [-0.3, -0.25) is 9.59 Å². The number of likely N-dealkylation sites (N-methyl/N-ethyl adjacent to an activating group) is 1. The molecule has 1 unspecified atom stereocenters. The van der Waals surface area contributed by atoms with Crippen LogP contribution in [0.2, 0.25) is 5.02 Å². The van der Waals surface area contributed by atoms with Crippen molar-refractivity contribution in [2.75, 3.05) is 11.9 Å². The Hall–Kier alpha value is -2.53. The topological polar surface area (TPSA) is 58.6 Å². The molecule has 0 saturated heterocycles. The van der Waals surface area contributed by atoms with Crippen LogP contribution >= 0.6 is 11.6 Å². The van der Waals surface area contributed by atoms with Gasteiger partial charge >= 0.3 is 0 Å². The summed E-state index contributed by atoms with van der Waals surface area (Å²) in [5.74, 6) is 0.103. The van der Waals surface area contributed by atoms with E-state index in [-0.39, 0.29) is 18.2 Å². The number of fused-ring (bicyclic) bond motifs is 1. The van der Waals surface area contributed by atoms with Crippen LogP contribution in [0.15, 0.2) is 48.5 Å². The van der Waals surface area contributed by atoms with E-state index in [1.807, 2.05) is 30.3 Å². The SMILES string of the molecule is CN1C(=O)C(CC(=O)NCc2ccccc2Cl)Oc2ccccc21. The van der Waals surface area contributed by atoms with Crippen molar-refractivity contribution in [1.29, 1.82) is 0 Å². The lowest BCUT2D eigenvalue weighted by Gasteiger charge is -2.31. The molecule has 1 aliphatic heterocycles. The summed E-state index contributed by atoms with van der Waals surface area (Å²) >= 11 is 6.06. The quantitative estimate of drug-likeness (QED) is 0.927. The Kier molecular flexibility index (Phi) is 4.71. The van der Waals surface area contributed by atoms with Crippen molar-refractivity contribution in [3.63, 3.8) is 0 Å². The zero-order valence-electron chi connectivity index (χ0n) is 13.2. The molecule has 0 fully saturated rings. The number of nitrogens with one attached hydrogen (secondary N) is 1. The minimum Gasteiger partial charge on any atom is -0.478 e. The highest BCUT2D eigenvalue weighted by atomic mass is 35.5. The van der Waals surface area contributed by atoms with Crippen LogP contribution in [0, 0.1) is 0 Å². The lowest BCUT2D eigenvalue weighted by Crippen LogP contribution is -2.46. The van der Waals surface area contributed by atoms with E-state index in [9.17, 15) is 9.59 Å². The largest absolute Gasteiger partial charge is 0.478 e. The van der Waals surface area contributed by atoms with Gasteiger partial charge < -0.3 is 15.0 Å². The number of ether oxygens (including phenoxy) is 1. The maximum Gasteiger partial charge on any atom is 0.268 e. The molecule has 3 rings (SSSR count). The first-order chi connectivity index (χ1) is 11.6. The van der Waals surface area contributed by atoms with Crippen LogP contribution in [0.4, 0.5) is 5.69 Å². The second kappa shape index (κ2) is 6.93. The van der Waals surface area contributed by atoms with Gasteiger partial charge in [-0.2, -0.15) is 0 Å². The smallest absolute Gasteiger partial charge is 0.268 e. The third kappa shape index (κ3) is 3.36. The van der Waals surface area contributed by atoms with E-state index in [1.165, 1.54) is 4.90 Å². The summed E-state index contributed by atoms with van der Waals surface area (Å²) in [6.45, 7) is 0.311. The summed E-state index contributed by atoms with van der Waals surface area (Å²) in [7, 11) is 1.68. The molecule has 1 atom stereocenters. The predicted molar refractivity (Wildman–Crippen MR) is 92.2 cm³/mol. The highest BCUT2D eigenvalue weighted by molar-refractivity contribution is 6.31. The average Bonchev–Trinajstić information content (AvgIpc) is 2.59. The molecule has 0 aliphatic carbocycles. The van der Waals surface area contributed by atoms with Gasteiger partial charge in [0, 0.05) is 18.6 Å². The van der Waals surface area contributed by atoms with Gasteiger partial charge in [0.1, 0.15) is 5.75 Å². The molecule has 0 bridgehead atoms. The Bertz CT molecular complexity index is 778. The normalized spacial score (nSPS) is 16.3. The molecule has 2 amide bonds. The zero-order chi connectivity index (χ0) is 17.1. The second-order valence-corrected chi connectivity index (χ2v) is 5.95. The molecule has 5 nitrogen and oxygen atoms in total. The highest BCUT2D eigenvalue weighted by Gasteiger charge is 2.33. The minimum atomic E-state index is -0.823. The van der Waals surface area contributed by atoms with Crippen LogP contribution in [0.25, 0.3) is 0 Å². The van der Waals surface area contributed by atoms with Gasteiger partial charge in [0.15, 0.2) is 6.10 Å². The molecule has 0 aromatic heterocycles. The first-order valence-corrected chi connectivity index (χ1v) is 7.97. The number of rotatable bonds is 4. The molecule has 2 aromatic rings. The van der Waals surface area contributed by atoms with Crippen LogP contribution in [-0.4, -0.2) is 25.0 Å². The number of carbonyl (C=O) groups excluding carboxylic acids is 2. The fraction of sp³-hybridized carbons (Fsp3) is 0.222. The Balaban J connectivity index is 1.63. The number of halogens is 1.